The Morgan fingerprint density at radius 3 is 2.83 bits per heavy atom. The number of nitrogens with zero attached hydrogens (tertiary/aromatic N) is 3. The molecule has 0 aliphatic carbocycles. The fraction of sp³-hybridized carbons (Fsp3) is 0.267. The van der Waals surface area contributed by atoms with Crippen molar-refractivity contribution in [1.82, 2.24) is 20.2 Å². The maximum atomic E-state index is 6.03. The third kappa shape index (κ3) is 2.19. The Morgan fingerprint density at radius 1 is 1.26 bits per heavy atom. The standard InChI is InChI=1S/C15H15N5O3/c1-7-22-15(23-7)11-12(21-2)13(16)19-14(18-11)8-4-3-5-10-9(8)6-17-20-10/h3-7,15H,1-2H3,(H,17,20)(H2,16,18,19). The zero-order valence-corrected chi connectivity index (χ0v) is 12.6. The lowest BCUT2D eigenvalue weighted by Crippen LogP contribution is -2.32. The summed E-state index contributed by atoms with van der Waals surface area (Å²) in [7, 11) is 1.51. The molecule has 1 aliphatic rings. The number of hydrogen-bond donors (Lipinski definition) is 2. The third-order valence-corrected chi connectivity index (χ3v) is 3.70. The molecule has 1 aromatic carbocycles. The van der Waals surface area contributed by atoms with Crippen LogP contribution in [0.25, 0.3) is 22.3 Å². The van der Waals surface area contributed by atoms with E-state index in [1.165, 1.54) is 7.11 Å². The van der Waals surface area contributed by atoms with Gasteiger partial charge in [-0.1, -0.05) is 12.1 Å². The van der Waals surface area contributed by atoms with Gasteiger partial charge in [0.1, 0.15) is 5.69 Å². The van der Waals surface area contributed by atoms with Crippen LogP contribution >= 0.6 is 0 Å². The average Bonchev–Trinajstić information content (AvgIpc) is 2.99. The lowest BCUT2D eigenvalue weighted by atomic mass is 10.1. The monoisotopic (exact) mass is 313 g/mol. The number of ether oxygens (including phenoxy) is 3. The van der Waals surface area contributed by atoms with Gasteiger partial charge in [0.2, 0.25) is 6.29 Å². The molecule has 1 saturated heterocycles. The van der Waals surface area contributed by atoms with E-state index in [-0.39, 0.29) is 12.1 Å². The van der Waals surface area contributed by atoms with Crippen LogP contribution in [0.15, 0.2) is 24.4 Å². The Bertz CT molecular complexity index is 873. The zero-order chi connectivity index (χ0) is 16.0. The number of hydrogen-bond acceptors (Lipinski definition) is 7. The second-order valence-electron chi connectivity index (χ2n) is 5.16. The largest absolute Gasteiger partial charge is 0.491 e. The van der Waals surface area contributed by atoms with Crippen LogP contribution in [0.4, 0.5) is 5.82 Å². The number of fused-ring (bicyclic) bond motifs is 1. The summed E-state index contributed by atoms with van der Waals surface area (Å²) in [4.78, 5) is 8.91. The van der Waals surface area contributed by atoms with Crippen molar-refractivity contribution in [3.8, 4) is 17.1 Å². The number of nitrogens with one attached hydrogen (secondary N) is 1. The van der Waals surface area contributed by atoms with Crippen LogP contribution in [0, 0.1) is 0 Å². The van der Waals surface area contributed by atoms with Gasteiger partial charge in [-0.3, -0.25) is 5.10 Å². The lowest BCUT2D eigenvalue weighted by Gasteiger charge is -2.33. The zero-order valence-electron chi connectivity index (χ0n) is 12.6. The van der Waals surface area contributed by atoms with E-state index in [0.29, 0.717) is 17.3 Å². The molecule has 3 N–H and O–H groups in total. The highest BCUT2D eigenvalue weighted by atomic mass is 16.9. The molecule has 0 amide bonds. The van der Waals surface area contributed by atoms with Gasteiger partial charge in [-0.2, -0.15) is 5.10 Å². The van der Waals surface area contributed by atoms with Crippen LogP contribution in [-0.4, -0.2) is 33.6 Å². The number of anilines is 1. The fourth-order valence-electron chi connectivity index (χ4n) is 2.63. The van der Waals surface area contributed by atoms with Crippen molar-refractivity contribution in [2.24, 2.45) is 0 Å². The summed E-state index contributed by atoms with van der Waals surface area (Å²) >= 11 is 0. The van der Waals surface area contributed by atoms with E-state index in [4.69, 9.17) is 19.9 Å². The molecular weight excluding hydrogens is 298 g/mol. The lowest BCUT2D eigenvalue weighted by molar-refractivity contribution is -0.384. The SMILES string of the molecule is COc1c(N)nc(-c2cccc3[nH]ncc23)nc1C1OC(C)O1. The molecule has 1 fully saturated rings. The van der Waals surface area contributed by atoms with Gasteiger partial charge in [0.25, 0.3) is 0 Å². The Hall–Kier alpha value is -2.71. The third-order valence-electron chi connectivity index (χ3n) is 3.70. The summed E-state index contributed by atoms with van der Waals surface area (Å²) in [5, 5.41) is 7.88. The van der Waals surface area contributed by atoms with Crippen molar-refractivity contribution in [3.05, 3.63) is 30.1 Å². The minimum absolute atomic E-state index is 0.236. The number of aromatic nitrogens is 4. The second kappa shape index (κ2) is 5.18. The number of nitrogens with two attached hydrogens (primary N) is 1. The van der Waals surface area contributed by atoms with E-state index in [1.807, 2.05) is 18.2 Å². The molecule has 3 heterocycles. The first-order valence-electron chi connectivity index (χ1n) is 7.12. The molecule has 8 heteroatoms. The van der Waals surface area contributed by atoms with Crippen molar-refractivity contribution in [3.63, 3.8) is 0 Å². The number of H-pyrrole nitrogens is 1. The van der Waals surface area contributed by atoms with Gasteiger partial charge in [0.15, 0.2) is 23.7 Å². The Kier molecular flexibility index (Phi) is 3.14. The van der Waals surface area contributed by atoms with Crippen molar-refractivity contribution < 1.29 is 14.2 Å². The normalized spacial score (nSPS) is 20.4. The van der Waals surface area contributed by atoms with E-state index in [1.54, 1.807) is 13.1 Å². The number of aromatic amines is 1. The minimum atomic E-state index is -0.604. The van der Waals surface area contributed by atoms with E-state index < -0.39 is 6.29 Å². The summed E-state index contributed by atoms with van der Waals surface area (Å²) in [6.45, 7) is 1.81. The van der Waals surface area contributed by atoms with Gasteiger partial charge < -0.3 is 19.9 Å². The van der Waals surface area contributed by atoms with Crippen LogP contribution in [0.1, 0.15) is 18.9 Å². The second-order valence-corrected chi connectivity index (χ2v) is 5.16. The van der Waals surface area contributed by atoms with Crippen molar-refractivity contribution in [2.75, 3.05) is 12.8 Å². The van der Waals surface area contributed by atoms with Crippen molar-refractivity contribution in [2.45, 2.75) is 19.5 Å². The highest BCUT2D eigenvalue weighted by Gasteiger charge is 2.34. The van der Waals surface area contributed by atoms with Crippen molar-refractivity contribution >= 4 is 16.7 Å². The van der Waals surface area contributed by atoms with Crippen LogP contribution in [0.5, 0.6) is 5.75 Å². The molecule has 4 rings (SSSR count). The molecule has 2 aromatic heterocycles. The molecule has 1 aliphatic heterocycles. The molecule has 0 radical (unpaired) electrons. The van der Waals surface area contributed by atoms with Gasteiger partial charge in [0.05, 0.1) is 18.8 Å². The van der Waals surface area contributed by atoms with Gasteiger partial charge in [-0.05, 0) is 13.0 Å². The predicted octanol–water partition coefficient (Wildman–Crippen LogP) is 2.00. The Morgan fingerprint density at radius 2 is 2.09 bits per heavy atom. The maximum Gasteiger partial charge on any atom is 0.210 e. The van der Waals surface area contributed by atoms with Crippen LogP contribution < -0.4 is 10.5 Å². The first kappa shape index (κ1) is 13.9. The molecule has 0 atom stereocenters. The number of rotatable bonds is 3. The summed E-state index contributed by atoms with van der Waals surface area (Å²) in [5.41, 5.74) is 8.22. The van der Waals surface area contributed by atoms with Gasteiger partial charge >= 0.3 is 0 Å². The Labute approximate surface area is 131 Å². The summed E-state index contributed by atoms with van der Waals surface area (Å²) in [6.07, 6.45) is 0.848. The first-order chi connectivity index (χ1) is 11.2. The quantitative estimate of drug-likeness (QED) is 0.761. The van der Waals surface area contributed by atoms with E-state index >= 15 is 0 Å². The predicted molar refractivity (Wildman–Crippen MR) is 82.5 cm³/mol. The Balaban J connectivity index is 1.88. The molecule has 0 spiro atoms. The molecule has 0 bridgehead atoms. The topological polar surface area (TPSA) is 108 Å². The molecule has 8 nitrogen and oxygen atoms in total. The van der Waals surface area contributed by atoms with E-state index in [2.05, 4.69) is 20.2 Å². The molecule has 0 saturated carbocycles. The maximum absolute atomic E-state index is 6.03. The van der Waals surface area contributed by atoms with Crippen molar-refractivity contribution in [1.29, 1.82) is 0 Å². The van der Waals surface area contributed by atoms with Gasteiger partial charge in [-0.25, -0.2) is 9.97 Å². The minimum Gasteiger partial charge on any atom is -0.491 e. The molecule has 3 aromatic rings. The van der Waals surface area contributed by atoms with Crippen LogP contribution in [-0.2, 0) is 9.47 Å². The van der Waals surface area contributed by atoms with Gasteiger partial charge in [0, 0.05) is 10.9 Å². The first-order valence-corrected chi connectivity index (χ1v) is 7.12. The number of nitrogen functional groups attached to an aromatic ring is 1. The van der Waals surface area contributed by atoms with E-state index in [0.717, 1.165) is 16.5 Å². The number of methoxy groups -OCH3 is 1. The average molecular weight is 313 g/mol. The molecule has 23 heavy (non-hydrogen) atoms. The molecule has 0 unspecified atom stereocenters. The van der Waals surface area contributed by atoms with Gasteiger partial charge in [-0.15, -0.1) is 0 Å². The fourth-order valence-corrected chi connectivity index (χ4v) is 2.63. The molecular formula is C15H15N5O3. The highest BCUT2D eigenvalue weighted by Crippen LogP contribution is 2.39. The number of benzene rings is 1. The summed E-state index contributed by atoms with van der Waals surface area (Å²) < 4.78 is 16.3. The highest BCUT2D eigenvalue weighted by molar-refractivity contribution is 5.92. The van der Waals surface area contributed by atoms with E-state index in [9.17, 15) is 0 Å². The van der Waals surface area contributed by atoms with Crippen LogP contribution in [0.2, 0.25) is 0 Å². The summed E-state index contributed by atoms with van der Waals surface area (Å²) in [6, 6.07) is 5.74. The smallest absolute Gasteiger partial charge is 0.210 e. The molecule has 118 valence electrons. The van der Waals surface area contributed by atoms with Crippen LogP contribution in [0.3, 0.4) is 0 Å². The summed E-state index contributed by atoms with van der Waals surface area (Å²) in [5.74, 6) is 1.07.